The maximum absolute atomic E-state index is 13.2. The molecule has 1 aliphatic heterocycles. The number of amides is 1. The van der Waals surface area contributed by atoms with Crippen LogP contribution in [0.3, 0.4) is 0 Å². The van der Waals surface area contributed by atoms with Crippen molar-refractivity contribution in [2.45, 2.75) is 37.4 Å². The van der Waals surface area contributed by atoms with Gasteiger partial charge >= 0.3 is 18.1 Å². The smallest absolute Gasteiger partial charge is 0.478 e. The first-order chi connectivity index (χ1) is 18.8. The van der Waals surface area contributed by atoms with Crippen molar-refractivity contribution in [1.82, 2.24) is 10.2 Å². The fourth-order valence-corrected chi connectivity index (χ4v) is 4.72. The van der Waals surface area contributed by atoms with E-state index in [0.29, 0.717) is 31.9 Å². The van der Waals surface area contributed by atoms with Crippen molar-refractivity contribution < 1.29 is 50.6 Å². The van der Waals surface area contributed by atoms with Crippen LogP contribution in [0.5, 0.6) is 0 Å². The van der Waals surface area contributed by atoms with Gasteiger partial charge in [0.25, 0.3) is 10.0 Å². The van der Waals surface area contributed by atoms with Crippen LogP contribution in [0, 0.1) is 5.82 Å². The predicted molar refractivity (Wildman–Crippen MR) is 141 cm³/mol. The third-order valence-corrected chi connectivity index (χ3v) is 6.83. The first-order valence-electron chi connectivity index (χ1n) is 12.0. The van der Waals surface area contributed by atoms with Crippen molar-refractivity contribution in [3.63, 3.8) is 0 Å². The average molecular weight is 607 g/mol. The summed E-state index contributed by atoms with van der Waals surface area (Å²) in [5.74, 6) is -4.59. The van der Waals surface area contributed by atoms with Crippen molar-refractivity contribution in [3.8, 4) is 0 Å². The number of sulfonamides is 1. The van der Waals surface area contributed by atoms with Gasteiger partial charge in [-0.1, -0.05) is 0 Å². The molecule has 0 atom stereocenters. The Labute approximate surface area is 233 Å². The number of carbonyl (C=O) groups is 3. The molecule has 11 nitrogen and oxygen atoms in total. The van der Waals surface area contributed by atoms with Crippen LogP contribution < -0.4 is 14.9 Å². The molecular weight excluding hydrogens is 576 g/mol. The number of carboxylic acids is 2. The zero-order valence-corrected chi connectivity index (χ0v) is 23.1. The van der Waals surface area contributed by atoms with Crippen LogP contribution in [0.2, 0.25) is 0 Å². The Morgan fingerprint density at radius 3 is 1.93 bits per heavy atom. The van der Waals surface area contributed by atoms with Crippen LogP contribution in [0.15, 0.2) is 47.4 Å². The summed E-state index contributed by atoms with van der Waals surface area (Å²) in [4.78, 5) is 36.4. The van der Waals surface area contributed by atoms with Crippen molar-refractivity contribution >= 4 is 39.2 Å². The molecular formula is C25H30F4N4O7S. The lowest BCUT2D eigenvalue weighted by Crippen LogP contribution is -2.51. The molecule has 226 valence electrons. The van der Waals surface area contributed by atoms with E-state index in [-0.39, 0.29) is 34.1 Å². The van der Waals surface area contributed by atoms with Gasteiger partial charge < -0.3 is 20.4 Å². The Morgan fingerprint density at radius 1 is 0.927 bits per heavy atom. The van der Waals surface area contributed by atoms with Gasteiger partial charge in [-0.2, -0.15) is 13.2 Å². The third-order valence-electron chi connectivity index (χ3n) is 5.45. The predicted octanol–water partition coefficient (Wildman–Crippen LogP) is 2.99. The lowest BCUT2D eigenvalue weighted by Gasteiger charge is -2.37. The van der Waals surface area contributed by atoms with E-state index in [9.17, 15) is 40.7 Å². The molecule has 1 aliphatic rings. The SMILES string of the molecule is CC(C)(C)NC(=O)CN1CCN(c2ccc(C(=O)O)cc2NS(=O)(=O)c2ccc(F)cc2)CC1.O=C(O)C(F)(F)F. The highest BCUT2D eigenvalue weighted by atomic mass is 32.2. The molecule has 0 bridgehead atoms. The number of aliphatic carboxylic acids is 1. The second kappa shape index (κ2) is 13.2. The van der Waals surface area contributed by atoms with Crippen LogP contribution in [-0.2, 0) is 19.6 Å². The number of carbonyl (C=O) groups excluding carboxylic acids is 1. The van der Waals surface area contributed by atoms with Crippen LogP contribution in [0.1, 0.15) is 31.1 Å². The normalized spacial score (nSPS) is 14.5. The molecule has 16 heteroatoms. The number of alkyl halides is 3. The molecule has 2 aromatic carbocycles. The van der Waals surface area contributed by atoms with Gasteiger partial charge in [-0.25, -0.2) is 22.4 Å². The highest BCUT2D eigenvalue weighted by Gasteiger charge is 2.38. The number of carboxylic acid groups (broad SMARTS) is 2. The first kappa shape index (κ1) is 33.3. The number of rotatable bonds is 7. The van der Waals surface area contributed by atoms with E-state index < -0.39 is 34.0 Å². The fraction of sp³-hybridized carbons (Fsp3) is 0.400. The van der Waals surface area contributed by atoms with Crippen molar-refractivity contribution in [3.05, 3.63) is 53.8 Å². The van der Waals surface area contributed by atoms with E-state index in [1.807, 2.05) is 30.6 Å². The molecule has 0 radical (unpaired) electrons. The summed E-state index contributed by atoms with van der Waals surface area (Å²) in [6.45, 7) is 8.17. The molecule has 1 saturated heterocycles. The third kappa shape index (κ3) is 10.5. The monoisotopic (exact) mass is 606 g/mol. The highest BCUT2D eigenvalue weighted by Crippen LogP contribution is 2.30. The molecule has 41 heavy (non-hydrogen) atoms. The van der Waals surface area contributed by atoms with Crippen LogP contribution in [0.4, 0.5) is 28.9 Å². The molecule has 0 aliphatic carbocycles. The molecule has 1 heterocycles. The quantitative estimate of drug-likeness (QED) is 0.348. The largest absolute Gasteiger partial charge is 0.490 e. The van der Waals surface area contributed by atoms with Gasteiger partial charge in [0.15, 0.2) is 0 Å². The summed E-state index contributed by atoms with van der Waals surface area (Å²) in [5.41, 5.74) is 0.247. The van der Waals surface area contributed by atoms with E-state index in [1.165, 1.54) is 12.1 Å². The van der Waals surface area contributed by atoms with Gasteiger partial charge in [0.05, 0.1) is 28.4 Å². The fourth-order valence-electron chi connectivity index (χ4n) is 3.65. The zero-order chi connectivity index (χ0) is 31.2. The number of anilines is 2. The Morgan fingerprint density at radius 2 is 1.46 bits per heavy atom. The molecule has 0 aromatic heterocycles. The van der Waals surface area contributed by atoms with E-state index in [2.05, 4.69) is 10.0 Å². The van der Waals surface area contributed by atoms with E-state index in [0.717, 1.165) is 24.3 Å². The van der Waals surface area contributed by atoms with E-state index in [4.69, 9.17) is 9.90 Å². The Bertz CT molecular complexity index is 1350. The number of nitrogens with zero attached hydrogens (tertiary/aromatic N) is 2. The molecule has 0 unspecified atom stereocenters. The van der Waals surface area contributed by atoms with Crippen molar-refractivity contribution in [2.24, 2.45) is 0 Å². The van der Waals surface area contributed by atoms with Gasteiger partial charge in [0.2, 0.25) is 5.91 Å². The molecule has 3 rings (SSSR count). The average Bonchev–Trinajstić information content (AvgIpc) is 2.83. The summed E-state index contributed by atoms with van der Waals surface area (Å²) in [6, 6.07) is 8.60. The molecule has 0 spiro atoms. The number of hydrogen-bond acceptors (Lipinski definition) is 7. The summed E-state index contributed by atoms with van der Waals surface area (Å²) in [6.07, 6.45) is -5.08. The lowest BCUT2D eigenvalue weighted by atomic mass is 10.1. The molecule has 2 aromatic rings. The van der Waals surface area contributed by atoms with Gasteiger partial charge in [-0.05, 0) is 63.2 Å². The topological polar surface area (TPSA) is 156 Å². The van der Waals surface area contributed by atoms with Gasteiger partial charge in [0, 0.05) is 31.7 Å². The number of nitrogens with one attached hydrogen (secondary N) is 2. The van der Waals surface area contributed by atoms with Crippen LogP contribution in [0.25, 0.3) is 0 Å². The van der Waals surface area contributed by atoms with E-state index in [1.54, 1.807) is 6.07 Å². The molecule has 1 fully saturated rings. The summed E-state index contributed by atoms with van der Waals surface area (Å²) >= 11 is 0. The Hall–Kier alpha value is -3.92. The lowest BCUT2D eigenvalue weighted by molar-refractivity contribution is -0.192. The van der Waals surface area contributed by atoms with E-state index >= 15 is 0 Å². The molecule has 1 amide bonds. The maximum atomic E-state index is 13.2. The van der Waals surface area contributed by atoms with Gasteiger partial charge in [-0.15, -0.1) is 0 Å². The van der Waals surface area contributed by atoms with Crippen LogP contribution in [-0.4, -0.2) is 85.8 Å². The summed E-state index contributed by atoms with van der Waals surface area (Å²) < 4.78 is 73.1. The minimum absolute atomic E-state index is 0.0699. The molecule has 0 saturated carbocycles. The van der Waals surface area contributed by atoms with Gasteiger partial charge in [-0.3, -0.25) is 14.4 Å². The standard InChI is InChI=1S/C23H29FN4O5S.C2HF3O2/c1-23(2,3)25-21(29)15-27-10-12-28(13-11-27)20-9-4-16(22(30)31)14-19(20)26-34(32,33)18-7-5-17(24)6-8-18;3-2(4,5)1(6)7/h4-9,14,26H,10-13,15H2,1-3H3,(H,25,29)(H,30,31);(H,6,7). The van der Waals surface area contributed by atoms with Crippen molar-refractivity contribution in [2.75, 3.05) is 42.3 Å². The number of halogens is 4. The molecule has 4 N–H and O–H groups in total. The van der Waals surface area contributed by atoms with Gasteiger partial charge in [0.1, 0.15) is 5.82 Å². The first-order valence-corrected chi connectivity index (χ1v) is 13.5. The summed E-state index contributed by atoms with van der Waals surface area (Å²) in [5, 5.41) is 19.4. The minimum atomic E-state index is -5.08. The minimum Gasteiger partial charge on any atom is -0.478 e. The maximum Gasteiger partial charge on any atom is 0.490 e. The Balaban J connectivity index is 0.000000745. The second-order valence-corrected chi connectivity index (χ2v) is 11.6. The number of piperazine rings is 1. The van der Waals surface area contributed by atoms with Crippen LogP contribution >= 0.6 is 0 Å². The number of hydrogen-bond donors (Lipinski definition) is 4. The van der Waals surface area contributed by atoms with Crippen molar-refractivity contribution in [1.29, 1.82) is 0 Å². The second-order valence-electron chi connectivity index (χ2n) is 9.96. The highest BCUT2D eigenvalue weighted by molar-refractivity contribution is 7.92. The number of benzene rings is 2. The Kier molecular flexibility index (Phi) is 10.7. The summed E-state index contributed by atoms with van der Waals surface area (Å²) in [7, 11) is -4.08. The number of aromatic carboxylic acids is 1. The zero-order valence-electron chi connectivity index (χ0n) is 22.3.